The van der Waals surface area contributed by atoms with Crippen molar-refractivity contribution in [1.82, 2.24) is 0 Å². The summed E-state index contributed by atoms with van der Waals surface area (Å²) in [7, 11) is -7.58. The van der Waals surface area contributed by atoms with Crippen LogP contribution in [-0.4, -0.2) is 40.8 Å². The Balaban J connectivity index is 2.35. The van der Waals surface area contributed by atoms with Crippen molar-refractivity contribution in [2.45, 2.75) is 9.79 Å². The first kappa shape index (κ1) is 20.0. The maximum absolute atomic E-state index is 12.6. The van der Waals surface area contributed by atoms with Crippen molar-refractivity contribution in [3.63, 3.8) is 0 Å². The molecule has 0 spiro atoms. The zero-order valence-corrected chi connectivity index (χ0v) is 15.7. The van der Waals surface area contributed by atoms with Crippen LogP contribution in [0.1, 0.15) is 0 Å². The molecule has 0 fully saturated rings. The van der Waals surface area contributed by atoms with Gasteiger partial charge in [0.2, 0.25) is 0 Å². The number of sulfonamides is 1. The highest BCUT2D eigenvalue weighted by molar-refractivity contribution is 7.92. The first-order valence-electron chi connectivity index (χ1n) is 6.96. The van der Waals surface area contributed by atoms with E-state index in [0.717, 1.165) is 12.3 Å². The van der Waals surface area contributed by atoms with Crippen LogP contribution in [0.4, 0.5) is 5.69 Å². The number of hydrogen-bond acceptors (Lipinski definition) is 6. The molecule has 0 saturated heterocycles. The molecule has 0 amide bonds. The Labute approximate surface area is 155 Å². The normalized spacial score (nSPS) is 11.8. The number of aliphatic carboxylic acids is 1. The van der Waals surface area contributed by atoms with Crippen LogP contribution in [0.15, 0.2) is 52.3 Å². The summed E-state index contributed by atoms with van der Waals surface area (Å²) >= 11 is 5.83. The van der Waals surface area contributed by atoms with Crippen molar-refractivity contribution in [2.24, 2.45) is 0 Å². The third-order valence-electron chi connectivity index (χ3n) is 3.08. The highest BCUT2D eigenvalue weighted by Crippen LogP contribution is 2.29. The SMILES string of the molecule is CS(=O)(=O)c1ccc(NS(=O)(=O)c2cc(Cl)ccc2OCC(=O)O)cc1. The first-order chi connectivity index (χ1) is 12.0. The van der Waals surface area contributed by atoms with Gasteiger partial charge in [-0.05, 0) is 42.5 Å². The zero-order valence-electron chi connectivity index (χ0n) is 13.3. The molecule has 8 nitrogen and oxygen atoms in total. The van der Waals surface area contributed by atoms with Crippen LogP contribution < -0.4 is 9.46 Å². The van der Waals surface area contributed by atoms with E-state index in [1.807, 2.05) is 0 Å². The summed E-state index contributed by atoms with van der Waals surface area (Å²) < 4.78 is 55.3. The minimum atomic E-state index is -4.16. The molecular formula is C15H14ClNO7S2. The largest absolute Gasteiger partial charge is 0.480 e. The van der Waals surface area contributed by atoms with Gasteiger partial charge in [0.25, 0.3) is 10.0 Å². The minimum Gasteiger partial charge on any atom is -0.480 e. The van der Waals surface area contributed by atoms with Gasteiger partial charge in [-0.1, -0.05) is 11.6 Å². The second-order valence-electron chi connectivity index (χ2n) is 5.18. The standard InChI is InChI=1S/C15H14ClNO7S2/c1-25(20,21)12-5-3-11(4-6-12)17-26(22,23)14-8-10(16)2-7-13(14)24-9-15(18)19/h2-8,17H,9H2,1H3,(H,18,19). The van der Waals surface area contributed by atoms with Crippen molar-refractivity contribution in [2.75, 3.05) is 17.6 Å². The Hall–Kier alpha value is -2.30. The predicted molar refractivity (Wildman–Crippen MR) is 94.9 cm³/mol. The van der Waals surface area contributed by atoms with Gasteiger partial charge in [0, 0.05) is 17.0 Å². The average molecular weight is 420 g/mol. The Morgan fingerprint density at radius 1 is 1.12 bits per heavy atom. The molecule has 0 atom stereocenters. The van der Waals surface area contributed by atoms with E-state index in [4.69, 9.17) is 21.4 Å². The average Bonchev–Trinajstić information content (AvgIpc) is 2.52. The highest BCUT2D eigenvalue weighted by Gasteiger charge is 2.21. The highest BCUT2D eigenvalue weighted by atomic mass is 35.5. The smallest absolute Gasteiger partial charge is 0.341 e. The number of rotatable bonds is 7. The summed E-state index contributed by atoms with van der Waals surface area (Å²) in [6.07, 6.45) is 1.03. The van der Waals surface area contributed by atoms with Crippen molar-refractivity contribution in [3.8, 4) is 5.75 Å². The van der Waals surface area contributed by atoms with Gasteiger partial charge in [-0.2, -0.15) is 0 Å². The lowest BCUT2D eigenvalue weighted by atomic mass is 10.3. The molecule has 0 aliphatic carbocycles. The number of nitrogens with one attached hydrogen (secondary N) is 1. The molecule has 11 heteroatoms. The molecule has 0 bridgehead atoms. The fourth-order valence-corrected chi connectivity index (χ4v) is 4.03. The van der Waals surface area contributed by atoms with Crippen molar-refractivity contribution in [3.05, 3.63) is 47.5 Å². The summed E-state index contributed by atoms with van der Waals surface area (Å²) in [5, 5.41) is 8.80. The summed E-state index contributed by atoms with van der Waals surface area (Å²) in [4.78, 5) is 10.3. The summed E-state index contributed by atoms with van der Waals surface area (Å²) in [6.45, 7) is -0.729. The van der Waals surface area contributed by atoms with Gasteiger partial charge >= 0.3 is 5.97 Å². The Kier molecular flexibility index (Phi) is 5.79. The van der Waals surface area contributed by atoms with Crippen LogP contribution in [0, 0.1) is 0 Å². The van der Waals surface area contributed by atoms with E-state index < -0.39 is 32.4 Å². The number of carboxylic acid groups (broad SMARTS) is 1. The van der Waals surface area contributed by atoms with E-state index in [0.29, 0.717) is 0 Å². The second-order valence-corrected chi connectivity index (χ2v) is 9.28. The Morgan fingerprint density at radius 3 is 2.27 bits per heavy atom. The molecule has 0 saturated carbocycles. The molecule has 140 valence electrons. The summed E-state index contributed by atoms with van der Waals surface area (Å²) in [5.74, 6) is -1.45. The molecule has 0 aromatic heterocycles. The van der Waals surface area contributed by atoms with Crippen LogP contribution in [0.25, 0.3) is 0 Å². The molecule has 2 aromatic carbocycles. The topological polar surface area (TPSA) is 127 Å². The minimum absolute atomic E-state index is 0.0358. The fraction of sp³-hybridized carbons (Fsp3) is 0.133. The number of ether oxygens (including phenoxy) is 1. The van der Waals surface area contributed by atoms with Gasteiger partial charge in [-0.25, -0.2) is 21.6 Å². The second kappa shape index (κ2) is 7.52. The van der Waals surface area contributed by atoms with E-state index in [9.17, 15) is 21.6 Å². The van der Waals surface area contributed by atoms with Crippen LogP contribution >= 0.6 is 11.6 Å². The lowest BCUT2D eigenvalue weighted by Crippen LogP contribution is -2.16. The molecule has 0 aliphatic heterocycles. The summed E-state index contributed by atoms with van der Waals surface area (Å²) in [6, 6.07) is 8.81. The predicted octanol–water partition coefficient (Wildman–Crippen LogP) is 2.01. The van der Waals surface area contributed by atoms with Crippen LogP contribution in [0.5, 0.6) is 5.75 Å². The number of carbonyl (C=O) groups is 1. The quantitative estimate of drug-likeness (QED) is 0.702. The monoisotopic (exact) mass is 419 g/mol. The number of benzene rings is 2. The fourth-order valence-electron chi connectivity index (χ4n) is 1.93. The van der Waals surface area contributed by atoms with E-state index in [1.165, 1.54) is 36.4 Å². The van der Waals surface area contributed by atoms with Crippen molar-refractivity contribution < 1.29 is 31.5 Å². The lowest BCUT2D eigenvalue weighted by Gasteiger charge is -2.13. The third kappa shape index (κ3) is 5.10. The van der Waals surface area contributed by atoms with Gasteiger partial charge < -0.3 is 9.84 Å². The van der Waals surface area contributed by atoms with Crippen LogP contribution in [0.3, 0.4) is 0 Å². The van der Waals surface area contributed by atoms with Gasteiger partial charge in [0.1, 0.15) is 10.6 Å². The Bertz CT molecular complexity index is 1030. The first-order valence-corrected chi connectivity index (χ1v) is 10.7. The molecule has 2 N–H and O–H groups in total. The molecule has 0 heterocycles. The number of hydrogen-bond donors (Lipinski definition) is 2. The molecule has 26 heavy (non-hydrogen) atoms. The number of carboxylic acids is 1. The van der Waals surface area contributed by atoms with Crippen LogP contribution in [0.2, 0.25) is 5.02 Å². The lowest BCUT2D eigenvalue weighted by molar-refractivity contribution is -0.139. The molecule has 0 unspecified atom stereocenters. The molecule has 0 radical (unpaired) electrons. The maximum atomic E-state index is 12.6. The van der Waals surface area contributed by atoms with Gasteiger partial charge in [-0.15, -0.1) is 0 Å². The number of anilines is 1. The van der Waals surface area contributed by atoms with Gasteiger partial charge in [0.05, 0.1) is 4.90 Å². The van der Waals surface area contributed by atoms with Gasteiger partial charge in [0.15, 0.2) is 16.4 Å². The van der Waals surface area contributed by atoms with Crippen LogP contribution in [-0.2, 0) is 24.7 Å². The molecular weight excluding hydrogens is 406 g/mol. The molecule has 0 aliphatic rings. The zero-order chi connectivity index (χ0) is 19.5. The number of halogens is 1. The molecule has 2 rings (SSSR count). The third-order valence-corrected chi connectivity index (χ3v) is 5.85. The van der Waals surface area contributed by atoms with E-state index in [2.05, 4.69) is 4.72 Å². The van der Waals surface area contributed by atoms with Crippen molar-refractivity contribution >= 4 is 43.1 Å². The molecule has 2 aromatic rings. The summed E-state index contributed by atoms with van der Waals surface area (Å²) in [5.41, 5.74) is 0.113. The Morgan fingerprint density at radius 2 is 1.73 bits per heavy atom. The van der Waals surface area contributed by atoms with Gasteiger partial charge in [-0.3, -0.25) is 4.72 Å². The van der Waals surface area contributed by atoms with E-state index >= 15 is 0 Å². The maximum Gasteiger partial charge on any atom is 0.341 e. The van der Waals surface area contributed by atoms with E-state index in [-0.39, 0.29) is 26.3 Å². The van der Waals surface area contributed by atoms with E-state index in [1.54, 1.807) is 0 Å². The van der Waals surface area contributed by atoms with Crippen molar-refractivity contribution in [1.29, 1.82) is 0 Å². The number of sulfone groups is 1.